The van der Waals surface area contributed by atoms with Crippen molar-refractivity contribution in [2.45, 2.75) is 72.0 Å². The van der Waals surface area contributed by atoms with Gasteiger partial charge >= 0.3 is 5.97 Å². The number of esters is 1. The number of epoxide rings is 1. The molecule has 0 aromatic rings. The van der Waals surface area contributed by atoms with E-state index in [2.05, 4.69) is 38.2 Å². The number of hydrogen-bond donors (Lipinski definition) is 0. The van der Waals surface area contributed by atoms with E-state index in [1.165, 1.54) is 30.9 Å². The van der Waals surface area contributed by atoms with Crippen LogP contribution in [0, 0.1) is 17.3 Å². The first-order valence-corrected chi connectivity index (χ1v) is 9.81. The van der Waals surface area contributed by atoms with Crippen LogP contribution in [0.2, 0.25) is 0 Å². The summed E-state index contributed by atoms with van der Waals surface area (Å²) in [6.45, 7) is 15.6. The summed E-state index contributed by atoms with van der Waals surface area (Å²) in [6.07, 6.45) is 7.28. The summed E-state index contributed by atoms with van der Waals surface area (Å²) in [7, 11) is 1.83. The van der Waals surface area contributed by atoms with Crippen LogP contribution < -0.4 is 0 Å². The van der Waals surface area contributed by atoms with Gasteiger partial charge in [-0.3, -0.25) is 4.79 Å². The van der Waals surface area contributed by atoms with Crippen molar-refractivity contribution < 1.29 is 19.0 Å². The highest BCUT2D eigenvalue weighted by Crippen LogP contribution is 2.68. The van der Waals surface area contributed by atoms with Crippen molar-refractivity contribution in [3.63, 3.8) is 0 Å². The predicted octanol–water partition coefficient (Wildman–Crippen LogP) is 4.69. The molecule has 0 bridgehead atoms. The van der Waals surface area contributed by atoms with Crippen molar-refractivity contribution in [2.24, 2.45) is 17.3 Å². The molecule has 1 saturated heterocycles. The zero-order chi connectivity index (χ0) is 19.5. The van der Waals surface area contributed by atoms with Crippen LogP contribution in [0.15, 0.2) is 23.8 Å². The normalized spacial score (nSPS) is 37.5. The Hall–Kier alpha value is -1.13. The number of hydrogen-bond acceptors (Lipinski definition) is 4. The molecule has 1 spiro atoms. The molecule has 0 radical (unpaired) electrons. The van der Waals surface area contributed by atoms with Gasteiger partial charge in [-0.2, -0.15) is 0 Å². The monoisotopic (exact) mass is 364 g/mol. The van der Waals surface area contributed by atoms with Crippen LogP contribution in [0.4, 0.5) is 0 Å². The maximum Gasteiger partial charge on any atom is 0.302 e. The summed E-state index contributed by atoms with van der Waals surface area (Å²) in [5, 5.41) is 0. The molecule has 26 heavy (non-hydrogen) atoms. The van der Waals surface area contributed by atoms with Gasteiger partial charge in [0.2, 0.25) is 0 Å². The molecule has 3 rings (SSSR count). The third-order valence-corrected chi connectivity index (χ3v) is 6.24. The number of carbonyl (C=O) groups is 1. The van der Waals surface area contributed by atoms with Gasteiger partial charge in [0.05, 0.1) is 24.9 Å². The van der Waals surface area contributed by atoms with Crippen LogP contribution in [-0.2, 0) is 19.0 Å². The van der Waals surface area contributed by atoms with E-state index in [0.29, 0.717) is 17.9 Å². The standard InChI is InChI=1S/C18H28O2.C4H8O2/c1-12(2)6-7-14-10-17(14,4)16-15(19-5)13(3)8-9-18(16)11-20-18;1-3-6-4(2)5/h6,14-16H,3,7-11H2,1-2,4-5H3;3H2,1-2H3/t14-,15+,16+,17-,18-;/m0./s1. The summed E-state index contributed by atoms with van der Waals surface area (Å²) in [5.74, 6) is 1.07. The van der Waals surface area contributed by atoms with Crippen LogP contribution in [0.25, 0.3) is 0 Å². The van der Waals surface area contributed by atoms with Gasteiger partial charge in [0.15, 0.2) is 0 Å². The molecule has 4 heteroatoms. The van der Waals surface area contributed by atoms with Gasteiger partial charge in [0, 0.05) is 20.0 Å². The average molecular weight is 365 g/mol. The largest absolute Gasteiger partial charge is 0.466 e. The third kappa shape index (κ3) is 4.58. The quantitative estimate of drug-likeness (QED) is 0.403. The second-order valence-corrected chi connectivity index (χ2v) is 8.49. The van der Waals surface area contributed by atoms with Crippen molar-refractivity contribution >= 4 is 5.97 Å². The van der Waals surface area contributed by atoms with E-state index in [1.54, 1.807) is 6.92 Å². The van der Waals surface area contributed by atoms with Gasteiger partial charge < -0.3 is 14.2 Å². The Kier molecular flexibility index (Phi) is 6.73. The molecule has 4 nitrogen and oxygen atoms in total. The van der Waals surface area contributed by atoms with Crippen molar-refractivity contribution in [3.05, 3.63) is 23.8 Å². The maximum atomic E-state index is 9.82. The second kappa shape index (κ2) is 8.26. The number of rotatable bonds is 5. The highest BCUT2D eigenvalue weighted by molar-refractivity contribution is 5.65. The Labute approximate surface area is 159 Å². The van der Waals surface area contributed by atoms with Crippen LogP contribution in [0.3, 0.4) is 0 Å². The molecular weight excluding hydrogens is 328 g/mol. The molecule has 0 N–H and O–H groups in total. The highest BCUT2D eigenvalue weighted by atomic mass is 16.6. The summed E-state index contributed by atoms with van der Waals surface area (Å²) in [6, 6.07) is 0. The zero-order valence-corrected chi connectivity index (χ0v) is 17.4. The topological polar surface area (TPSA) is 48.1 Å². The van der Waals surface area contributed by atoms with Gasteiger partial charge in [-0.15, -0.1) is 0 Å². The van der Waals surface area contributed by atoms with Crippen molar-refractivity contribution in [1.29, 1.82) is 0 Å². The Morgan fingerprint density at radius 3 is 2.46 bits per heavy atom. The Bertz CT molecular complexity index is 556. The summed E-state index contributed by atoms with van der Waals surface area (Å²) in [4.78, 5) is 9.82. The lowest BCUT2D eigenvalue weighted by Gasteiger charge is -2.41. The molecule has 0 amide bonds. The van der Waals surface area contributed by atoms with E-state index in [4.69, 9.17) is 9.47 Å². The minimum absolute atomic E-state index is 0.107. The molecule has 0 unspecified atom stereocenters. The Morgan fingerprint density at radius 1 is 1.38 bits per heavy atom. The van der Waals surface area contributed by atoms with E-state index in [9.17, 15) is 4.79 Å². The molecule has 1 heterocycles. The van der Waals surface area contributed by atoms with Crippen molar-refractivity contribution in [3.8, 4) is 0 Å². The zero-order valence-electron chi connectivity index (χ0n) is 17.4. The molecular formula is C22H36O4. The smallest absolute Gasteiger partial charge is 0.302 e. The first-order valence-electron chi connectivity index (χ1n) is 9.81. The van der Waals surface area contributed by atoms with Crippen LogP contribution in [-0.4, -0.2) is 38.0 Å². The molecule has 3 aliphatic rings. The molecule has 1 aliphatic heterocycles. The van der Waals surface area contributed by atoms with Gasteiger partial charge in [-0.05, 0) is 63.4 Å². The first kappa shape index (κ1) is 21.2. The fourth-order valence-electron chi connectivity index (χ4n) is 4.63. The summed E-state index contributed by atoms with van der Waals surface area (Å²) in [5.41, 5.74) is 3.17. The van der Waals surface area contributed by atoms with Crippen LogP contribution >= 0.6 is 0 Å². The summed E-state index contributed by atoms with van der Waals surface area (Å²) >= 11 is 0. The van der Waals surface area contributed by atoms with E-state index in [-0.39, 0.29) is 17.7 Å². The lowest BCUT2D eigenvalue weighted by molar-refractivity contribution is -0.140. The van der Waals surface area contributed by atoms with Gasteiger partial charge in [0.25, 0.3) is 0 Å². The van der Waals surface area contributed by atoms with Gasteiger partial charge in [-0.25, -0.2) is 0 Å². The molecule has 2 saturated carbocycles. The highest BCUT2D eigenvalue weighted by Gasteiger charge is 2.69. The number of ether oxygens (including phenoxy) is 3. The minimum Gasteiger partial charge on any atom is -0.466 e. The lowest BCUT2D eigenvalue weighted by Crippen LogP contribution is -2.46. The molecule has 0 aromatic carbocycles. The second-order valence-electron chi connectivity index (χ2n) is 8.49. The fourth-order valence-corrected chi connectivity index (χ4v) is 4.63. The predicted molar refractivity (Wildman–Crippen MR) is 104 cm³/mol. The first-order chi connectivity index (χ1) is 12.2. The SMILES string of the molecule is C=C1CC[C@]2(CO2)[C@@H]([C@@]2(C)C[C@@H]2CC=C(C)C)[C@@H]1OC.CCOC(C)=O. The van der Waals surface area contributed by atoms with E-state index in [0.717, 1.165) is 25.4 Å². The van der Waals surface area contributed by atoms with E-state index < -0.39 is 0 Å². The molecule has 5 atom stereocenters. The number of carbonyl (C=O) groups excluding carboxylic acids is 1. The Morgan fingerprint density at radius 2 is 2.04 bits per heavy atom. The molecule has 0 aromatic heterocycles. The number of methoxy groups -OCH3 is 1. The summed E-state index contributed by atoms with van der Waals surface area (Å²) < 4.78 is 16.2. The minimum atomic E-state index is -0.211. The van der Waals surface area contributed by atoms with Gasteiger partial charge in [0.1, 0.15) is 0 Å². The van der Waals surface area contributed by atoms with Gasteiger partial charge in [-0.1, -0.05) is 25.2 Å². The van der Waals surface area contributed by atoms with E-state index in [1.807, 2.05) is 7.11 Å². The third-order valence-electron chi connectivity index (χ3n) is 6.24. The Balaban J connectivity index is 0.000000352. The molecule has 3 fully saturated rings. The van der Waals surface area contributed by atoms with Crippen molar-refractivity contribution in [2.75, 3.05) is 20.3 Å². The lowest BCUT2D eigenvalue weighted by atomic mass is 9.67. The average Bonchev–Trinajstić information content (AvgIpc) is 3.46. The fraction of sp³-hybridized carbons (Fsp3) is 0.773. The van der Waals surface area contributed by atoms with Crippen molar-refractivity contribution in [1.82, 2.24) is 0 Å². The van der Waals surface area contributed by atoms with Crippen LogP contribution in [0.1, 0.15) is 60.3 Å². The van der Waals surface area contributed by atoms with Crippen LogP contribution in [0.5, 0.6) is 0 Å². The van der Waals surface area contributed by atoms with E-state index >= 15 is 0 Å². The maximum absolute atomic E-state index is 9.82. The molecule has 2 aliphatic carbocycles. The number of allylic oxidation sites excluding steroid dienone is 2. The molecule has 148 valence electrons.